The maximum absolute atomic E-state index is 10.2. The summed E-state index contributed by atoms with van der Waals surface area (Å²) in [4.78, 5) is 11.8. The summed E-state index contributed by atoms with van der Waals surface area (Å²) in [5.74, 6) is 0. The number of carbonyl (C=O) groups excluding carboxylic acids is 1. The van der Waals surface area contributed by atoms with Crippen molar-refractivity contribution in [2.24, 2.45) is 0 Å². The molecule has 2 heteroatoms. The highest BCUT2D eigenvalue weighted by atomic mass is 16.1. The summed E-state index contributed by atoms with van der Waals surface area (Å²) in [6, 6.07) is 0. The fourth-order valence-electron chi connectivity index (χ4n) is 0.731. The first-order valence-corrected chi connectivity index (χ1v) is 3.68. The summed E-state index contributed by atoms with van der Waals surface area (Å²) >= 11 is 0. The van der Waals surface area contributed by atoms with E-state index < -0.39 is 0 Å². The van der Waals surface area contributed by atoms with Crippen LogP contribution in [0.3, 0.4) is 0 Å². The topological polar surface area (TPSA) is 20.3 Å². The Bertz CT molecular complexity index is 93.4. The van der Waals surface area contributed by atoms with Crippen LogP contribution in [0.4, 0.5) is 0 Å². The summed E-state index contributed by atoms with van der Waals surface area (Å²) in [6.07, 6.45) is 5.80. The highest BCUT2D eigenvalue weighted by Gasteiger charge is 1.92. The van der Waals surface area contributed by atoms with Gasteiger partial charge in [-0.3, -0.25) is 4.79 Å². The van der Waals surface area contributed by atoms with Crippen molar-refractivity contribution in [3.05, 3.63) is 12.8 Å². The molecule has 0 aromatic carbocycles. The second-order valence-electron chi connectivity index (χ2n) is 2.23. The number of hydrogen-bond donors (Lipinski definition) is 0. The fourth-order valence-corrected chi connectivity index (χ4v) is 0.731. The molecular formula is C8H15NO. The molecule has 0 N–H and O–H groups in total. The van der Waals surface area contributed by atoms with E-state index in [-0.39, 0.29) is 0 Å². The number of carbonyl (C=O) groups is 1. The van der Waals surface area contributed by atoms with Gasteiger partial charge in [0.15, 0.2) is 0 Å². The van der Waals surface area contributed by atoms with Crippen LogP contribution < -0.4 is 0 Å². The quantitative estimate of drug-likeness (QED) is 0.408. The van der Waals surface area contributed by atoms with E-state index in [4.69, 9.17) is 0 Å². The first-order chi connectivity index (χ1) is 4.85. The van der Waals surface area contributed by atoms with Crippen LogP contribution in [0.2, 0.25) is 0 Å². The Morgan fingerprint density at radius 3 is 2.60 bits per heavy atom. The largest absolute Gasteiger partial charge is 0.322 e. The van der Waals surface area contributed by atoms with E-state index in [0.29, 0.717) is 0 Å². The Morgan fingerprint density at radius 1 is 1.50 bits per heavy atom. The maximum Gasteiger partial charge on any atom is 0.213 e. The van der Waals surface area contributed by atoms with E-state index in [9.17, 15) is 4.79 Å². The van der Waals surface area contributed by atoms with Gasteiger partial charge < -0.3 is 4.90 Å². The Morgan fingerprint density at radius 2 is 2.20 bits per heavy atom. The van der Waals surface area contributed by atoms with Crippen LogP contribution in [-0.4, -0.2) is 17.9 Å². The molecule has 0 aliphatic heterocycles. The summed E-state index contributed by atoms with van der Waals surface area (Å²) in [7, 11) is 0. The predicted octanol–water partition coefficient (Wildman–Crippen LogP) is 1.78. The van der Waals surface area contributed by atoms with Crippen molar-refractivity contribution in [3.63, 3.8) is 0 Å². The van der Waals surface area contributed by atoms with Crippen molar-refractivity contribution >= 4 is 6.41 Å². The summed E-state index contributed by atoms with van der Waals surface area (Å²) < 4.78 is 0. The van der Waals surface area contributed by atoms with Gasteiger partial charge in [-0.25, -0.2) is 0 Å². The lowest BCUT2D eigenvalue weighted by Gasteiger charge is -2.09. The van der Waals surface area contributed by atoms with Crippen LogP contribution in [0, 0.1) is 0 Å². The standard InChI is InChI=1S/C8H15NO/c1-3-5-6-7-9(4-2)8-10/h4,8H,2-3,5-7H2,1H3. The van der Waals surface area contributed by atoms with Crippen molar-refractivity contribution in [2.45, 2.75) is 26.2 Å². The molecule has 0 bridgehead atoms. The second kappa shape index (κ2) is 6.33. The molecule has 2 nitrogen and oxygen atoms in total. The SMILES string of the molecule is C=CN(C=O)CCCCC. The van der Waals surface area contributed by atoms with Crippen LogP contribution in [0.15, 0.2) is 12.8 Å². The van der Waals surface area contributed by atoms with Crippen LogP contribution in [-0.2, 0) is 4.79 Å². The lowest BCUT2D eigenvalue weighted by molar-refractivity contribution is -0.115. The van der Waals surface area contributed by atoms with Crippen molar-refractivity contribution in [1.29, 1.82) is 0 Å². The average Bonchev–Trinajstić information content (AvgIpc) is 1.99. The second-order valence-corrected chi connectivity index (χ2v) is 2.23. The summed E-state index contributed by atoms with van der Waals surface area (Å²) in [5, 5.41) is 0. The van der Waals surface area contributed by atoms with Crippen molar-refractivity contribution in [3.8, 4) is 0 Å². The molecule has 0 aliphatic carbocycles. The van der Waals surface area contributed by atoms with Gasteiger partial charge in [-0.1, -0.05) is 26.3 Å². The number of rotatable bonds is 6. The molecule has 0 rings (SSSR count). The molecule has 0 saturated carbocycles. The van der Waals surface area contributed by atoms with Crippen LogP contribution >= 0.6 is 0 Å². The smallest absolute Gasteiger partial charge is 0.213 e. The van der Waals surface area contributed by atoms with Crippen LogP contribution in [0.1, 0.15) is 26.2 Å². The van der Waals surface area contributed by atoms with Gasteiger partial charge in [-0.2, -0.15) is 0 Å². The van der Waals surface area contributed by atoms with Gasteiger partial charge in [-0.05, 0) is 12.6 Å². The van der Waals surface area contributed by atoms with Gasteiger partial charge in [0.25, 0.3) is 0 Å². The zero-order valence-electron chi connectivity index (χ0n) is 6.55. The number of hydrogen-bond acceptors (Lipinski definition) is 1. The monoisotopic (exact) mass is 141 g/mol. The van der Waals surface area contributed by atoms with Crippen LogP contribution in [0.25, 0.3) is 0 Å². The summed E-state index contributed by atoms with van der Waals surface area (Å²) in [6.45, 7) is 6.45. The molecule has 0 fully saturated rings. The molecule has 0 unspecified atom stereocenters. The Labute approximate surface area is 62.5 Å². The molecule has 58 valence electrons. The molecule has 0 aromatic rings. The first kappa shape index (κ1) is 9.21. The third kappa shape index (κ3) is 4.13. The van der Waals surface area contributed by atoms with E-state index in [1.165, 1.54) is 12.8 Å². The minimum Gasteiger partial charge on any atom is -0.322 e. The molecule has 0 aliphatic rings. The number of nitrogens with zero attached hydrogens (tertiary/aromatic N) is 1. The first-order valence-electron chi connectivity index (χ1n) is 3.68. The average molecular weight is 141 g/mol. The van der Waals surface area contributed by atoms with E-state index in [0.717, 1.165) is 19.4 Å². The van der Waals surface area contributed by atoms with Gasteiger partial charge >= 0.3 is 0 Å². The third-order valence-corrected chi connectivity index (χ3v) is 1.39. The zero-order chi connectivity index (χ0) is 7.82. The molecule has 0 heterocycles. The van der Waals surface area contributed by atoms with Gasteiger partial charge in [0.2, 0.25) is 6.41 Å². The molecule has 0 saturated heterocycles. The fraction of sp³-hybridized carbons (Fsp3) is 0.625. The van der Waals surface area contributed by atoms with E-state index >= 15 is 0 Å². The van der Waals surface area contributed by atoms with E-state index in [1.807, 2.05) is 0 Å². The number of amides is 1. The Balaban J connectivity index is 3.25. The highest BCUT2D eigenvalue weighted by molar-refractivity contribution is 5.48. The molecule has 1 amide bonds. The highest BCUT2D eigenvalue weighted by Crippen LogP contribution is 1.95. The molecule has 0 spiro atoms. The summed E-state index contributed by atoms with van der Waals surface area (Å²) in [5.41, 5.74) is 0. The normalized spacial score (nSPS) is 8.90. The van der Waals surface area contributed by atoms with Crippen LogP contribution in [0.5, 0.6) is 0 Å². The Kier molecular flexibility index (Phi) is 5.83. The van der Waals surface area contributed by atoms with Crippen molar-refractivity contribution < 1.29 is 4.79 Å². The van der Waals surface area contributed by atoms with Gasteiger partial charge in [0, 0.05) is 6.54 Å². The lowest BCUT2D eigenvalue weighted by atomic mass is 10.2. The third-order valence-electron chi connectivity index (χ3n) is 1.39. The zero-order valence-corrected chi connectivity index (χ0v) is 6.55. The van der Waals surface area contributed by atoms with Crippen molar-refractivity contribution in [1.82, 2.24) is 4.90 Å². The van der Waals surface area contributed by atoms with E-state index in [2.05, 4.69) is 13.5 Å². The maximum atomic E-state index is 10.2. The minimum atomic E-state index is 0.806. The molecule has 0 radical (unpaired) electrons. The Hall–Kier alpha value is -0.790. The molecule has 0 aromatic heterocycles. The minimum absolute atomic E-state index is 0.806. The van der Waals surface area contributed by atoms with Crippen molar-refractivity contribution in [2.75, 3.05) is 6.54 Å². The van der Waals surface area contributed by atoms with E-state index in [1.54, 1.807) is 11.1 Å². The van der Waals surface area contributed by atoms with Gasteiger partial charge in [-0.15, -0.1) is 0 Å². The predicted molar refractivity (Wildman–Crippen MR) is 42.5 cm³/mol. The molecule has 10 heavy (non-hydrogen) atoms. The van der Waals surface area contributed by atoms with Gasteiger partial charge in [0.05, 0.1) is 0 Å². The lowest BCUT2D eigenvalue weighted by Crippen LogP contribution is -2.15. The molecular weight excluding hydrogens is 126 g/mol. The van der Waals surface area contributed by atoms with Gasteiger partial charge in [0.1, 0.15) is 0 Å². The molecule has 0 atom stereocenters. The number of unbranched alkanes of at least 4 members (excludes halogenated alkanes) is 2.